The molecule has 0 spiro atoms. The summed E-state index contributed by atoms with van der Waals surface area (Å²) >= 11 is 1.53. The molecular weight excluding hydrogens is 286 g/mol. The Hall–Kier alpha value is -2.08. The second kappa shape index (κ2) is 6.58. The van der Waals surface area contributed by atoms with E-state index < -0.39 is 0 Å². The minimum atomic E-state index is -0.378. The molecule has 21 heavy (non-hydrogen) atoms. The number of thioether (sulfide) groups is 1. The number of aryl methyl sites for hydroxylation is 2. The van der Waals surface area contributed by atoms with Crippen molar-refractivity contribution in [3.63, 3.8) is 0 Å². The molecule has 2 rings (SSSR count). The van der Waals surface area contributed by atoms with Gasteiger partial charge in [-0.15, -0.1) is 0 Å². The number of rotatable bonds is 4. The van der Waals surface area contributed by atoms with Crippen LogP contribution in [0.1, 0.15) is 27.4 Å². The third-order valence-electron chi connectivity index (χ3n) is 2.95. The molecule has 0 fully saturated rings. The van der Waals surface area contributed by atoms with Crippen LogP contribution in [0.4, 0.5) is 5.69 Å². The summed E-state index contributed by atoms with van der Waals surface area (Å²) in [7, 11) is 0. The number of nitrogens with zero attached hydrogens (tertiary/aromatic N) is 1. The molecular formula is C15H17N3O2S. The van der Waals surface area contributed by atoms with Gasteiger partial charge in [-0.1, -0.05) is 12.1 Å². The Labute approximate surface area is 127 Å². The molecule has 0 aliphatic heterocycles. The van der Waals surface area contributed by atoms with Crippen LogP contribution in [0.3, 0.4) is 0 Å². The van der Waals surface area contributed by atoms with Crippen molar-refractivity contribution in [1.82, 2.24) is 9.97 Å². The molecule has 0 bridgehead atoms. The molecule has 0 saturated heterocycles. The average Bonchev–Trinajstić information content (AvgIpc) is 2.42. The van der Waals surface area contributed by atoms with Crippen LogP contribution in [-0.2, 0) is 5.75 Å². The number of nitrogens with one attached hydrogen (secondary N) is 2. The first-order valence-corrected chi connectivity index (χ1v) is 7.87. The van der Waals surface area contributed by atoms with E-state index in [4.69, 9.17) is 0 Å². The molecule has 1 heterocycles. The molecule has 2 N–H and O–H groups in total. The van der Waals surface area contributed by atoms with Crippen LogP contribution in [0.2, 0.25) is 0 Å². The Morgan fingerprint density at radius 2 is 2.10 bits per heavy atom. The van der Waals surface area contributed by atoms with E-state index in [1.165, 1.54) is 17.8 Å². The van der Waals surface area contributed by atoms with Crippen molar-refractivity contribution in [2.24, 2.45) is 0 Å². The van der Waals surface area contributed by atoms with Gasteiger partial charge in [-0.25, -0.2) is 4.98 Å². The Morgan fingerprint density at radius 1 is 1.33 bits per heavy atom. The Balaban J connectivity index is 2.28. The van der Waals surface area contributed by atoms with E-state index in [0.29, 0.717) is 11.6 Å². The van der Waals surface area contributed by atoms with E-state index in [1.54, 1.807) is 0 Å². The molecule has 0 aliphatic carbocycles. The zero-order chi connectivity index (χ0) is 15.4. The SMILES string of the molecule is CSCc1nc(C(=O)Nc2cc(C)ccc2C)cc(=O)[nH]1. The van der Waals surface area contributed by atoms with Gasteiger partial charge in [0, 0.05) is 11.8 Å². The van der Waals surface area contributed by atoms with Gasteiger partial charge >= 0.3 is 0 Å². The minimum absolute atomic E-state index is 0.128. The predicted molar refractivity (Wildman–Crippen MR) is 85.9 cm³/mol. The van der Waals surface area contributed by atoms with E-state index in [0.717, 1.165) is 16.8 Å². The van der Waals surface area contributed by atoms with Gasteiger partial charge in [0.15, 0.2) is 0 Å². The number of hydrogen-bond donors (Lipinski definition) is 2. The van der Waals surface area contributed by atoms with Gasteiger partial charge in [-0.05, 0) is 37.3 Å². The number of anilines is 1. The maximum absolute atomic E-state index is 12.3. The molecule has 0 radical (unpaired) electrons. The van der Waals surface area contributed by atoms with Crippen molar-refractivity contribution in [2.75, 3.05) is 11.6 Å². The number of carbonyl (C=O) groups is 1. The lowest BCUT2D eigenvalue weighted by Gasteiger charge is -2.09. The van der Waals surface area contributed by atoms with Crippen LogP contribution in [0.5, 0.6) is 0 Å². The van der Waals surface area contributed by atoms with Crippen molar-refractivity contribution < 1.29 is 4.79 Å². The first kappa shape index (κ1) is 15.3. The molecule has 5 nitrogen and oxygen atoms in total. The highest BCUT2D eigenvalue weighted by Gasteiger charge is 2.11. The van der Waals surface area contributed by atoms with Gasteiger partial charge in [0.05, 0.1) is 5.75 Å². The van der Waals surface area contributed by atoms with Crippen molar-refractivity contribution in [3.8, 4) is 0 Å². The van der Waals surface area contributed by atoms with Crippen LogP contribution in [0, 0.1) is 13.8 Å². The van der Waals surface area contributed by atoms with Gasteiger partial charge in [-0.3, -0.25) is 9.59 Å². The molecule has 2 aromatic rings. The van der Waals surface area contributed by atoms with Crippen molar-refractivity contribution in [1.29, 1.82) is 0 Å². The predicted octanol–water partition coefficient (Wildman–Crippen LogP) is 2.50. The number of hydrogen-bond acceptors (Lipinski definition) is 4. The number of aromatic nitrogens is 2. The minimum Gasteiger partial charge on any atom is -0.320 e. The summed E-state index contributed by atoms with van der Waals surface area (Å²) in [4.78, 5) is 30.6. The third kappa shape index (κ3) is 3.95. The lowest BCUT2D eigenvalue weighted by atomic mass is 10.1. The zero-order valence-corrected chi connectivity index (χ0v) is 13.0. The first-order chi connectivity index (χ1) is 9.99. The lowest BCUT2D eigenvalue weighted by molar-refractivity contribution is 0.102. The maximum Gasteiger partial charge on any atom is 0.274 e. The number of aromatic amines is 1. The van der Waals surface area contributed by atoms with Crippen LogP contribution in [0.15, 0.2) is 29.1 Å². The summed E-state index contributed by atoms with van der Waals surface area (Å²) in [6, 6.07) is 7.02. The van der Waals surface area contributed by atoms with Crippen LogP contribution in [0.25, 0.3) is 0 Å². The Morgan fingerprint density at radius 3 is 2.81 bits per heavy atom. The van der Waals surface area contributed by atoms with Crippen molar-refractivity contribution in [2.45, 2.75) is 19.6 Å². The lowest BCUT2D eigenvalue weighted by Crippen LogP contribution is -2.20. The normalized spacial score (nSPS) is 10.4. The van der Waals surface area contributed by atoms with E-state index in [9.17, 15) is 9.59 Å². The van der Waals surface area contributed by atoms with Gasteiger partial charge in [0.25, 0.3) is 11.5 Å². The van der Waals surface area contributed by atoms with Gasteiger partial charge in [-0.2, -0.15) is 11.8 Å². The van der Waals surface area contributed by atoms with E-state index in [-0.39, 0.29) is 17.2 Å². The fourth-order valence-electron chi connectivity index (χ4n) is 1.89. The fraction of sp³-hybridized carbons (Fsp3) is 0.267. The summed E-state index contributed by atoms with van der Waals surface area (Å²) in [6.07, 6.45) is 1.91. The van der Waals surface area contributed by atoms with Crippen molar-refractivity contribution in [3.05, 3.63) is 57.3 Å². The number of amides is 1. The molecule has 0 atom stereocenters. The highest BCUT2D eigenvalue weighted by atomic mass is 32.2. The van der Waals surface area contributed by atoms with Crippen LogP contribution >= 0.6 is 11.8 Å². The molecule has 1 amide bonds. The molecule has 1 aromatic heterocycles. The zero-order valence-electron chi connectivity index (χ0n) is 12.2. The average molecular weight is 303 g/mol. The largest absolute Gasteiger partial charge is 0.320 e. The Kier molecular flexibility index (Phi) is 4.80. The van der Waals surface area contributed by atoms with Gasteiger partial charge < -0.3 is 10.3 Å². The van der Waals surface area contributed by atoms with Crippen molar-refractivity contribution >= 4 is 23.4 Å². The molecule has 0 unspecified atom stereocenters. The summed E-state index contributed by atoms with van der Waals surface area (Å²) in [5.74, 6) is 0.679. The summed E-state index contributed by atoms with van der Waals surface area (Å²) < 4.78 is 0. The molecule has 110 valence electrons. The monoisotopic (exact) mass is 303 g/mol. The topological polar surface area (TPSA) is 74.8 Å². The maximum atomic E-state index is 12.3. The van der Waals surface area contributed by atoms with Gasteiger partial charge in [0.2, 0.25) is 0 Å². The Bertz CT molecular complexity index is 725. The quantitative estimate of drug-likeness (QED) is 0.910. The summed E-state index contributed by atoms with van der Waals surface area (Å²) in [6.45, 7) is 3.87. The van der Waals surface area contributed by atoms with Crippen LogP contribution in [-0.4, -0.2) is 22.1 Å². The first-order valence-electron chi connectivity index (χ1n) is 6.47. The number of benzene rings is 1. The molecule has 1 aromatic carbocycles. The smallest absolute Gasteiger partial charge is 0.274 e. The third-order valence-corrected chi connectivity index (χ3v) is 3.51. The molecule has 6 heteroatoms. The molecule has 0 saturated carbocycles. The highest BCUT2D eigenvalue weighted by molar-refractivity contribution is 7.97. The standard InChI is InChI=1S/C15H17N3O2S/c1-9-4-5-10(2)11(6-9)17-15(20)12-7-14(19)18-13(16-12)8-21-3/h4-7H,8H2,1-3H3,(H,17,20)(H,16,18,19). The van der Waals surface area contributed by atoms with E-state index in [1.807, 2.05) is 38.3 Å². The molecule has 0 aliphatic rings. The summed E-state index contributed by atoms with van der Waals surface area (Å²) in [5, 5.41) is 2.80. The summed E-state index contributed by atoms with van der Waals surface area (Å²) in [5.41, 5.74) is 2.55. The highest BCUT2D eigenvalue weighted by Crippen LogP contribution is 2.17. The number of carbonyl (C=O) groups excluding carboxylic acids is 1. The number of H-pyrrole nitrogens is 1. The second-order valence-corrected chi connectivity index (χ2v) is 5.65. The van der Waals surface area contributed by atoms with E-state index >= 15 is 0 Å². The van der Waals surface area contributed by atoms with Gasteiger partial charge in [0.1, 0.15) is 11.5 Å². The second-order valence-electron chi connectivity index (χ2n) is 4.78. The van der Waals surface area contributed by atoms with Crippen LogP contribution < -0.4 is 10.9 Å². The van der Waals surface area contributed by atoms with E-state index in [2.05, 4.69) is 15.3 Å². The fourth-order valence-corrected chi connectivity index (χ4v) is 2.30.